The van der Waals surface area contributed by atoms with E-state index in [1.807, 2.05) is 0 Å². The fraction of sp³-hybridized carbons (Fsp3) is 0.467. The van der Waals surface area contributed by atoms with Crippen LogP contribution in [-0.4, -0.2) is 24.2 Å². The van der Waals surface area contributed by atoms with Gasteiger partial charge in [-0.15, -0.1) is 0 Å². The fourth-order valence-corrected chi connectivity index (χ4v) is 5.18. The molecule has 1 aromatic carbocycles. The predicted octanol–water partition coefficient (Wildman–Crippen LogP) is 3.02. The van der Waals surface area contributed by atoms with Gasteiger partial charge in [0.05, 0.1) is 5.39 Å². The minimum absolute atomic E-state index is 0.0255. The average molecular weight is 356 g/mol. The molecule has 1 saturated carbocycles. The lowest BCUT2D eigenvalue weighted by atomic mass is 10.1. The number of sulfone groups is 1. The maximum atomic E-state index is 14.2. The van der Waals surface area contributed by atoms with Crippen LogP contribution in [0.1, 0.15) is 38.8 Å². The summed E-state index contributed by atoms with van der Waals surface area (Å²) in [7, 11) is -3.90. The van der Waals surface area contributed by atoms with Crippen LogP contribution in [0.25, 0.3) is 11.0 Å². The minimum Gasteiger partial charge on any atom is -0.389 e. The van der Waals surface area contributed by atoms with Crippen molar-refractivity contribution in [2.75, 3.05) is 0 Å². The molecule has 6 nitrogen and oxygen atoms in total. The van der Waals surface area contributed by atoms with Crippen LogP contribution >= 0.6 is 0 Å². The first kappa shape index (κ1) is 15.5. The van der Waals surface area contributed by atoms with Gasteiger partial charge in [-0.25, -0.2) is 17.2 Å². The highest BCUT2D eigenvalue weighted by Crippen LogP contribution is 2.56. The Kier molecular flexibility index (Phi) is 2.92. The smallest absolute Gasteiger partial charge is 0.206 e. The van der Waals surface area contributed by atoms with Gasteiger partial charge in [0.15, 0.2) is 10.6 Å². The number of aromatic nitrogens is 1. The topological polar surface area (TPSA) is 81.8 Å². The Labute approximate surface area is 136 Å². The highest BCUT2D eigenvalue weighted by Gasteiger charge is 2.62. The van der Waals surface area contributed by atoms with Gasteiger partial charge < -0.3 is 9.36 Å². The lowest BCUT2D eigenvalue weighted by molar-refractivity contribution is 0.0123. The van der Waals surface area contributed by atoms with Crippen LogP contribution in [0.2, 0.25) is 0 Å². The van der Waals surface area contributed by atoms with E-state index in [1.165, 1.54) is 0 Å². The van der Waals surface area contributed by atoms with E-state index in [9.17, 15) is 17.2 Å². The van der Waals surface area contributed by atoms with Crippen molar-refractivity contribution in [1.82, 2.24) is 5.16 Å². The molecule has 0 saturated heterocycles. The molecule has 2 aromatic rings. The molecule has 1 aromatic heterocycles. The van der Waals surface area contributed by atoms with Gasteiger partial charge in [-0.05, 0) is 26.7 Å². The van der Waals surface area contributed by atoms with Crippen LogP contribution in [0.3, 0.4) is 0 Å². The lowest BCUT2D eigenvalue weighted by Gasteiger charge is -2.15. The first-order valence-electron chi connectivity index (χ1n) is 7.41. The van der Waals surface area contributed by atoms with Crippen molar-refractivity contribution in [3.63, 3.8) is 0 Å². The number of halogens is 2. The van der Waals surface area contributed by atoms with Gasteiger partial charge in [0.1, 0.15) is 27.7 Å². The van der Waals surface area contributed by atoms with E-state index in [1.54, 1.807) is 13.8 Å². The monoisotopic (exact) mass is 356 g/mol. The summed E-state index contributed by atoms with van der Waals surface area (Å²) in [6.07, 6.45) is 0.671. The van der Waals surface area contributed by atoms with Crippen molar-refractivity contribution in [3.8, 4) is 0 Å². The zero-order chi connectivity index (χ0) is 17.3. The molecule has 0 radical (unpaired) electrons. The van der Waals surface area contributed by atoms with Crippen LogP contribution in [0.5, 0.6) is 0 Å². The molecule has 1 fully saturated rings. The van der Waals surface area contributed by atoms with E-state index in [4.69, 9.17) is 9.36 Å². The second kappa shape index (κ2) is 4.53. The second-order valence-corrected chi connectivity index (χ2v) is 9.06. The van der Waals surface area contributed by atoms with Crippen molar-refractivity contribution in [2.24, 2.45) is 5.16 Å². The quantitative estimate of drug-likeness (QED) is 0.826. The van der Waals surface area contributed by atoms with Crippen molar-refractivity contribution >= 4 is 25.9 Å². The number of oxime groups is 1. The van der Waals surface area contributed by atoms with Gasteiger partial charge in [-0.2, -0.15) is 0 Å². The first-order chi connectivity index (χ1) is 11.2. The molecule has 0 amide bonds. The second-order valence-electron chi connectivity index (χ2n) is 6.80. The Hall–Kier alpha value is -2.03. The molecule has 2 aliphatic rings. The van der Waals surface area contributed by atoms with E-state index in [0.29, 0.717) is 6.07 Å². The number of hydrogen-bond donors (Lipinski definition) is 0. The number of benzene rings is 1. The molecule has 0 spiro atoms. The van der Waals surface area contributed by atoms with Crippen molar-refractivity contribution in [2.45, 2.75) is 43.5 Å². The minimum atomic E-state index is -3.90. The van der Waals surface area contributed by atoms with Gasteiger partial charge in [0.25, 0.3) is 0 Å². The molecule has 1 aliphatic carbocycles. The van der Waals surface area contributed by atoms with Gasteiger partial charge in [-0.1, -0.05) is 10.3 Å². The highest BCUT2D eigenvalue weighted by molar-refractivity contribution is 8.07. The standard InChI is InChI=1S/C15H14F2N2O4S/c1-14(2)7-11(18-23-14)24(20,21)15(3-4-15)13-12-9(17)5-8(16)6-10(12)22-19-13/h5-6H,3-4,7H2,1-2H3. The molecule has 128 valence electrons. The van der Waals surface area contributed by atoms with Crippen LogP contribution < -0.4 is 0 Å². The number of fused-ring (bicyclic) bond motifs is 1. The maximum absolute atomic E-state index is 14.2. The van der Waals surface area contributed by atoms with E-state index in [0.717, 1.165) is 6.07 Å². The van der Waals surface area contributed by atoms with Gasteiger partial charge >= 0.3 is 0 Å². The van der Waals surface area contributed by atoms with E-state index >= 15 is 0 Å². The van der Waals surface area contributed by atoms with E-state index in [-0.39, 0.29) is 41.0 Å². The third-order valence-electron chi connectivity index (χ3n) is 4.42. The number of rotatable bonds is 2. The number of nitrogens with zero attached hydrogens (tertiary/aromatic N) is 2. The molecule has 2 heterocycles. The molecule has 24 heavy (non-hydrogen) atoms. The van der Waals surface area contributed by atoms with Gasteiger partial charge in [0.2, 0.25) is 9.84 Å². The lowest BCUT2D eigenvalue weighted by Crippen LogP contribution is -2.31. The Balaban J connectivity index is 1.85. The summed E-state index contributed by atoms with van der Waals surface area (Å²) in [4.78, 5) is 5.15. The normalized spacial score (nSPS) is 21.6. The molecule has 0 bridgehead atoms. The largest absolute Gasteiger partial charge is 0.389 e. The van der Waals surface area contributed by atoms with E-state index in [2.05, 4.69) is 10.3 Å². The van der Waals surface area contributed by atoms with Crippen molar-refractivity contribution < 1.29 is 26.6 Å². The SMILES string of the molecule is CC1(C)CC(S(=O)(=O)C2(c3noc4cc(F)cc(F)c34)CC2)=NO1. The van der Waals surface area contributed by atoms with Crippen LogP contribution in [0, 0.1) is 11.6 Å². The predicted molar refractivity (Wildman–Crippen MR) is 81.0 cm³/mol. The summed E-state index contributed by atoms with van der Waals surface area (Å²) in [5.74, 6) is -1.71. The molecule has 0 unspecified atom stereocenters. The zero-order valence-electron chi connectivity index (χ0n) is 13.0. The third-order valence-corrected chi connectivity index (χ3v) is 6.89. The summed E-state index contributed by atoms with van der Waals surface area (Å²) >= 11 is 0. The van der Waals surface area contributed by atoms with Crippen LogP contribution in [0.15, 0.2) is 21.8 Å². The average Bonchev–Trinajstić information content (AvgIpc) is 3.05. The van der Waals surface area contributed by atoms with Crippen LogP contribution in [0.4, 0.5) is 8.78 Å². The molecule has 0 atom stereocenters. The van der Waals surface area contributed by atoms with Crippen LogP contribution in [-0.2, 0) is 19.4 Å². The Bertz CT molecular complexity index is 990. The zero-order valence-corrected chi connectivity index (χ0v) is 13.8. The maximum Gasteiger partial charge on any atom is 0.206 e. The Morgan fingerprint density at radius 3 is 2.50 bits per heavy atom. The summed E-state index contributed by atoms with van der Waals surface area (Å²) < 4.78 is 57.2. The van der Waals surface area contributed by atoms with Gasteiger partial charge in [-0.3, -0.25) is 0 Å². The summed E-state index contributed by atoms with van der Waals surface area (Å²) in [6.45, 7) is 3.46. The molecule has 9 heteroatoms. The fourth-order valence-electron chi connectivity index (χ4n) is 3.02. The Morgan fingerprint density at radius 1 is 1.21 bits per heavy atom. The molecule has 4 rings (SSSR count). The van der Waals surface area contributed by atoms with Gasteiger partial charge in [0, 0.05) is 18.6 Å². The highest BCUT2D eigenvalue weighted by atomic mass is 32.2. The number of hydrogen-bond acceptors (Lipinski definition) is 6. The summed E-state index contributed by atoms with van der Waals surface area (Å²) in [5.41, 5.74) is -0.852. The van der Waals surface area contributed by atoms with E-state index < -0.39 is 31.8 Å². The third kappa shape index (κ3) is 2.00. The summed E-state index contributed by atoms with van der Waals surface area (Å²) in [5, 5.41) is 7.28. The van der Waals surface area contributed by atoms with Crippen molar-refractivity contribution in [1.29, 1.82) is 0 Å². The molecular formula is C15H14F2N2O4S. The molecular weight excluding hydrogens is 342 g/mol. The first-order valence-corrected chi connectivity index (χ1v) is 8.89. The summed E-state index contributed by atoms with van der Waals surface area (Å²) in [6, 6.07) is 1.67. The molecule has 0 N–H and O–H groups in total. The molecule has 1 aliphatic heterocycles. The Morgan fingerprint density at radius 2 is 1.92 bits per heavy atom. The van der Waals surface area contributed by atoms with Crippen molar-refractivity contribution in [3.05, 3.63) is 29.5 Å².